The van der Waals surface area contributed by atoms with Gasteiger partial charge in [-0.05, 0) is 40.3 Å². The van der Waals surface area contributed by atoms with Gasteiger partial charge in [0, 0.05) is 19.5 Å². The van der Waals surface area contributed by atoms with Gasteiger partial charge < -0.3 is 10.0 Å². The van der Waals surface area contributed by atoms with Crippen LogP contribution in [0.15, 0.2) is 0 Å². The average Bonchev–Trinajstić information content (AvgIpc) is 2.30. The van der Waals surface area contributed by atoms with E-state index >= 15 is 0 Å². The minimum Gasteiger partial charge on any atom is -0.480 e. The van der Waals surface area contributed by atoms with E-state index in [9.17, 15) is 9.59 Å². The smallest absolute Gasteiger partial charge is 0.320 e. The molecule has 0 aromatic rings. The summed E-state index contributed by atoms with van der Waals surface area (Å²) < 4.78 is 0. The number of rotatable bonds is 9. The normalized spacial score (nSPS) is 12.5. The van der Waals surface area contributed by atoms with Crippen LogP contribution in [0, 0.1) is 0 Å². The molecule has 0 saturated heterocycles. The summed E-state index contributed by atoms with van der Waals surface area (Å²) in [6.07, 6.45) is 1.77. The van der Waals surface area contributed by atoms with E-state index in [4.69, 9.17) is 5.11 Å². The van der Waals surface area contributed by atoms with Crippen LogP contribution in [0.1, 0.15) is 40.0 Å². The number of hydrogen-bond donors (Lipinski definition) is 1. The SMILES string of the molecule is CCC(C(=O)O)N(C)CCCC(=O)N(CC)CC. The maximum atomic E-state index is 11.8. The molecule has 0 heterocycles. The molecule has 18 heavy (non-hydrogen) atoms. The lowest BCUT2D eigenvalue weighted by Crippen LogP contribution is -2.39. The molecule has 0 aliphatic heterocycles. The Labute approximate surface area is 110 Å². The fraction of sp³-hybridized carbons (Fsp3) is 0.846. The molecule has 5 nitrogen and oxygen atoms in total. The molecule has 0 radical (unpaired) electrons. The molecule has 0 aromatic carbocycles. The quantitative estimate of drug-likeness (QED) is 0.679. The molecule has 1 atom stereocenters. The van der Waals surface area contributed by atoms with Gasteiger partial charge in [-0.3, -0.25) is 14.5 Å². The van der Waals surface area contributed by atoms with E-state index in [2.05, 4.69) is 0 Å². The van der Waals surface area contributed by atoms with Crippen LogP contribution in [0.25, 0.3) is 0 Å². The number of carboxylic acid groups (broad SMARTS) is 1. The van der Waals surface area contributed by atoms with Crippen molar-refractivity contribution < 1.29 is 14.7 Å². The van der Waals surface area contributed by atoms with Gasteiger partial charge in [0.15, 0.2) is 0 Å². The van der Waals surface area contributed by atoms with E-state index in [0.717, 1.165) is 13.1 Å². The third-order valence-electron chi connectivity index (χ3n) is 3.22. The van der Waals surface area contributed by atoms with E-state index in [0.29, 0.717) is 25.8 Å². The van der Waals surface area contributed by atoms with Crippen LogP contribution in [0.4, 0.5) is 0 Å². The Balaban J connectivity index is 4.03. The van der Waals surface area contributed by atoms with Crippen LogP contribution < -0.4 is 0 Å². The topological polar surface area (TPSA) is 60.9 Å². The van der Waals surface area contributed by atoms with Crippen LogP contribution in [-0.2, 0) is 9.59 Å². The van der Waals surface area contributed by atoms with Gasteiger partial charge >= 0.3 is 5.97 Å². The van der Waals surface area contributed by atoms with Gasteiger partial charge in [-0.15, -0.1) is 0 Å². The summed E-state index contributed by atoms with van der Waals surface area (Å²) in [5.74, 6) is -0.646. The molecule has 1 unspecified atom stereocenters. The van der Waals surface area contributed by atoms with Gasteiger partial charge in [0.2, 0.25) is 5.91 Å². The summed E-state index contributed by atoms with van der Waals surface area (Å²) in [5, 5.41) is 9.00. The Morgan fingerprint density at radius 3 is 2.11 bits per heavy atom. The molecule has 0 bridgehead atoms. The van der Waals surface area contributed by atoms with Crippen LogP contribution in [0.5, 0.6) is 0 Å². The predicted molar refractivity (Wildman–Crippen MR) is 71.5 cm³/mol. The van der Waals surface area contributed by atoms with Crippen molar-refractivity contribution in [3.63, 3.8) is 0 Å². The Hall–Kier alpha value is -1.10. The summed E-state index contributed by atoms with van der Waals surface area (Å²) in [7, 11) is 1.80. The fourth-order valence-electron chi connectivity index (χ4n) is 2.04. The molecule has 0 aromatic heterocycles. The number of nitrogens with zero attached hydrogens (tertiary/aromatic N) is 2. The molecular formula is C13H26N2O3. The first kappa shape index (κ1) is 16.9. The molecule has 1 N–H and O–H groups in total. The first-order chi connectivity index (χ1) is 8.47. The van der Waals surface area contributed by atoms with Crippen LogP contribution in [0.3, 0.4) is 0 Å². The number of carbonyl (C=O) groups excluding carboxylic acids is 1. The van der Waals surface area contributed by atoms with Crippen molar-refractivity contribution in [3.8, 4) is 0 Å². The highest BCUT2D eigenvalue weighted by atomic mass is 16.4. The summed E-state index contributed by atoms with van der Waals surface area (Å²) in [6, 6.07) is -0.450. The number of carbonyl (C=O) groups is 2. The van der Waals surface area contributed by atoms with Gasteiger partial charge in [0.05, 0.1) is 0 Å². The van der Waals surface area contributed by atoms with Crippen molar-refractivity contribution in [2.75, 3.05) is 26.7 Å². The Morgan fingerprint density at radius 1 is 1.17 bits per heavy atom. The molecule has 0 rings (SSSR count). The van der Waals surface area contributed by atoms with Gasteiger partial charge in [0.25, 0.3) is 0 Å². The third kappa shape index (κ3) is 5.49. The highest BCUT2D eigenvalue weighted by molar-refractivity contribution is 5.76. The number of aliphatic carboxylic acids is 1. The average molecular weight is 258 g/mol. The second-order valence-corrected chi connectivity index (χ2v) is 4.41. The molecule has 0 aliphatic carbocycles. The van der Waals surface area contributed by atoms with E-state index in [-0.39, 0.29) is 5.91 Å². The minimum absolute atomic E-state index is 0.150. The van der Waals surface area contributed by atoms with Gasteiger partial charge in [-0.2, -0.15) is 0 Å². The van der Waals surface area contributed by atoms with E-state index in [1.54, 1.807) is 16.8 Å². The Bertz CT molecular complexity index is 265. The van der Waals surface area contributed by atoms with Crippen LogP contribution >= 0.6 is 0 Å². The second kappa shape index (κ2) is 8.91. The molecule has 0 spiro atoms. The first-order valence-corrected chi connectivity index (χ1v) is 6.68. The molecule has 0 saturated carbocycles. The third-order valence-corrected chi connectivity index (χ3v) is 3.22. The number of hydrogen-bond acceptors (Lipinski definition) is 3. The van der Waals surface area contributed by atoms with E-state index in [1.165, 1.54) is 0 Å². The molecule has 106 valence electrons. The van der Waals surface area contributed by atoms with Gasteiger partial charge in [-0.1, -0.05) is 6.92 Å². The minimum atomic E-state index is -0.796. The van der Waals surface area contributed by atoms with Crippen molar-refractivity contribution in [2.45, 2.75) is 46.1 Å². The molecule has 5 heteroatoms. The van der Waals surface area contributed by atoms with Crippen LogP contribution in [0.2, 0.25) is 0 Å². The fourth-order valence-corrected chi connectivity index (χ4v) is 2.04. The van der Waals surface area contributed by atoms with Gasteiger partial charge in [0.1, 0.15) is 6.04 Å². The lowest BCUT2D eigenvalue weighted by Gasteiger charge is -2.24. The van der Waals surface area contributed by atoms with Crippen molar-refractivity contribution in [1.82, 2.24) is 9.80 Å². The largest absolute Gasteiger partial charge is 0.480 e. The molecular weight excluding hydrogens is 232 g/mol. The lowest BCUT2D eigenvalue weighted by atomic mass is 10.2. The molecule has 1 amide bonds. The summed E-state index contributed by atoms with van der Waals surface area (Å²) in [5.41, 5.74) is 0. The highest BCUT2D eigenvalue weighted by Gasteiger charge is 2.20. The monoisotopic (exact) mass is 258 g/mol. The predicted octanol–water partition coefficient (Wildman–Crippen LogP) is 1.43. The van der Waals surface area contributed by atoms with Crippen molar-refractivity contribution >= 4 is 11.9 Å². The van der Waals surface area contributed by atoms with Crippen LogP contribution in [-0.4, -0.2) is 59.5 Å². The number of amides is 1. The molecule has 0 aliphatic rings. The summed E-state index contributed by atoms with van der Waals surface area (Å²) >= 11 is 0. The first-order valence-electron chi connectivity index (χ1n) is 6.68. The standard InChI is InChI=1S/C13H26N2O3/c1-5-11(13(17)18)14(4)10-8-9-12(16)15(6-2)7-3/h11H,5-10H2,1-4H3,(H,17,18). The maximum Gasteiger partial charge on any atom is 0.320 e. The Kier molecular flexibility index (Phi) is 8.37. The highest BCUT2D eigenvalue weighted by Crippen LogP contribution is 2.05. The number of likely N-dealkylation sites (N-methyl/N-ethyl adjacent to an activating group) is 1. The van der Waals surface area contributed by atoms with Crippen molar-refractivity contribution in [3.05, 3.63) is 0 Å². The van der Waals surface area contributed by atoms with Gasteiger partial charge in [-0.25, -0.2) is 0 Å². The summed E-state index contributed by atoms with van der Waals surface area (Å²) in [6.45, 7) is 7.89. The lowest BCUT2D eigenvalue weighted by molar-refractivity contribution is -0.142. The van der Waals surface area contributed by atoms with E-state index in [1.807, 2.05) is 20.8 Å². The maximum absolute atomic E-state index is 11.8. The number of carboxylic acids is 1. The summed E-state index contributed by atoms with van der Waals surface area (Å²) in [4.78, 5) is 26.3. The molecule has 0 fully saturated rings. The van der Waals surface area contributed by atoms with E-state index < -0.39 is 12.0 Å². The van der Waals surface area contributed by atoms with Crippen molar-refractivity contribution in [2.24, 2.45) is 0 Å². The van der Waals surface area contributed by atoms with Crippen molar-refractivity contribution in [1.29, 1.82) is 0 Å². The zero-order valence-electron chi connectivity index (χ0n) is 12.0. The zero-order valence-corrected chi connectivity index (χ0v) is 12.0. The zero-order chi connectivity index (χ0) is 14.1. The Morgan fingerprint density at radius 2 is 1.72 bits per heavy atom. The second-order valence-electron chi connectivity index (χ2n) is 4.41.